The first-order chi connectivity index (χ1) is 10.1. The highest BCUT2D eigenvalue weighted by atomic mass is 32.1. The Kier molecular flexibility index (Phi) is 3.15. The fraction of sp³-hybridized carbons (Fsp3) is 0.0769. The first kappa shape index (κ1) is 13.3. The number of thiazole rings is 1. The van der Waals surface area contributed by atoms with E-state index in [-0.39, 0.29) is 5.69 Å². The zero-order chi connectivity index (χ0) is 15.0. The highest BCUT2D eigenvalue weighted by Gasteiger charge is 2.17. The van der Waals surface area contributed by atoms with Crippen LogP contribution in [0.25, 0.3) is 15.3 Å². The fourth-order valence-corrected chi connectivity index (χ4v) is 3.02. The van der Waals surface area contributed by atoms with Gasteiger partial charge in [0.25, 0.3) is 5.69 Å². The first-order valence-electron chi connectivity index (χ1n) is 5.90. The third-order valence-corrected chi connectivity index (χ3v) is 3.97. The van der Waals surface area contributed by atoms with Crippen molar-refractivity contribution in [2.24, 2.45) is 0 Å². The largest absolute Gasteiger partial charge is 0.494 e. The van der Waals surface area contributed by atoms with Gasteiger partial charge < -0.3 is 4.74 Å². The Morgan fingerprint density at radius 2 is 2.29 bits per heavy atom. The summed E-state index contributed by atoms with van der Waals surface area (Å²) < 4.78 is 7.42. The molecule has 7 nitrogen and oxygen atoms in total. The molecule has 3 aromatic rings. The van der Waals surface area contributed by atoms with Crippen molar-refractivity contribution in [2.45, 2.75) is 0 Å². The summed E-state index contributed by atoms with van der Waals surface area (Å²) in [4.78, 5) is 25.8. The molecular formula is C13H9N3O4S. The van der Waals surface area contributed by atoms with Crippen LogP contribution in [0.1, 0.15) is 10.5 Å². The zero-order valence-corrected chi connectivity index (χ0v) is 11.7. The lowest BCUT2D eigenvalue weighted by molar-refractivity contribution is -0.384. The Morgan fingerprint density at radius 3 is 2.95 bits per heavy atom. The lowest BCUT2D eigenvalue weighted by Crippen LogP contribution is -1.96. The van der Waals surface area contributed by atoms with Gasteiger partial charge in [0.2, 0.25) is 0 Å². The molecule has 0 saturated heterocycles. The summed E-state index contributed by atoms with van der Waals surface area (Å²) in [6, 6.07) is 6.18. The van der Waals surface area contributed by atoms with Crippen molar-refractivity contribution < 1.29 is 14.5 Å². The van der Waals surface area contributed by atoms with Gasteiger partial charge >= 0.3 is 0 Å². The normalized spacial score (nSPS) is 10.7. The summed E-state index contributed by atoms with van der Waals surface area (Å²) in [6.45, 7) is 0. The quantitative estimate of drug-likeness (QED) is 0.420. The van der Waals surface area contributed by atoms with E-state index < -0.39 is 4.92 Å². The van der Waals surface area contributed by atoms with Crippen molar-refractivity contribution in [3.05, 3.63) is 46.3 Å². The van der Waals surface area contributed by atoms with Gasteiger partial charge in [-0.2, -0.15) is 0 Å². The standard InChI is InChI=1S/C13H9N3O4S/c1-20-10-5-9(16(18)19)6-11-12(10)14-13(21-11)15-4-2-3-8(15)7-17/h2-7H,1H3. The minimum absolute atomic E-state index is 0.0577. The molecule has 0 saturated carbocycles. The Labute approximate surface area is 122 Å². The lowest BCUT2D eigenvalue weighted by Gasteiger charge is -2.00. The molecule has 3 rings (SSSR count). The highest BCUT2D eigenvalue weighted by molar-refractivity contribution is 7.20. The van der Waals surface area contributed by atoms with Crippen LogP contribution in [-0.2, 0) is 0 Å². The predicted molar refractivity (Wildman–Crippen MR) is 77.5 cm³/mol. The maximum absolute atomic E-state index is 11.0. The van der Waals surface area contributed by atoms with Gasteiger partial charge in [-0.05, 0) is 12.1 Å². The number of nitro benzene ring substituents is 1. The average Bonchev–Trinajstić information content (AvgIpc) is 3.11. The SMILES string of the molecule is COc1cc([N+](=O)[O-])cc2sc(-n3cccc3C=O)nc12. The minimum atomic E-state index is -0.478. The highest BCUT2D eigenvalue weighted by Crippen LogP contribution is 2.35. The molecule has 0 amide bonds. The van der Waals surface area contributed by atoms with E-state index in [1.165, 1.54) is 30.6 Å². The monoisotopic (exact) mass is 303 g/mol. The number of benzene rings is 1. The molecule has 0 aliphatic heterocycles. The molecule has 0 aliphatic carbocycles. The number of non-ortho nitro benzene ring substituents is 1. The van der Waals surface area contributed by atoms with Gasteiger partial charge in [-0.15, -0.1) is 0 Å². The Balaban J connectivity index is 2.24. The molecule has 8 heteroatoms. The van der Waals surface area contributed by atoms with E-state index >= 15 is 0 Å². The van der Waals surface area contributed by atoms with Crippen LogP contribution in [0, 0.1) is 10.1 Å². The van der Waals surface area contributed by atoms with Crippen molar-refractivity contribution in [1.82, 2.24) is 9.55 Å². The summed E-state index contributed by atoms with van der Waals surface area (Å²) in [7, 11) is 1.43. The number of rotatable bonds is 4. The first-order valence-corrected chi connectivity index (χ1v) is 6.71. The van der Waals surface area contributed by atoms with Crippen molar-refractivity contribution in [3.8, 4) is 10.9 Å². The van der Waals surface area contributed by atoms with Gasteiger partial charge in [0, 0.05) is 12.3 Å². The predicted octanol–water partition coefficient (Wildman–Crippen LogP) is 2.82. The molecule has 0 bridgehead atoms. The number of carbonyl (C=O) groups excluding carboxylic acids is 1. The summed E-state index contributed by atoms with van der Waals surface area (Å²) in [6.07, 6.45) is 2.44. The van der Waals surface area contributed by atoms with Gasteiger partial charge in [0.15, 0.2) is 17.2 Å². The van der Waals surface area contributed by atoms with Crippen LogP contribution in [0.3, 0.4) is 0 Å². The van der Waals surface area contributed by atoms with Crippen molar-refractivity contribution >= 4 is 33.5 Å². The molecule has 0 spiro atoms. The molecule has 106 valence electrons. The molecule has 1 aromatic carbocycles. The van der Waals surface area contributed by atoms with E-state index in [1.54, 1.807) is 22.9 Å². The molecule has 0 fully saturated rings. The summed E-state index contributed by atoms with van der Waals surface area (Å²) in [5.41, 5.74) is 0.939. The Morgan fingerprint density at radius 1 is 1.48 bits per heavy atom. The van der Waals surface area contributed by atoms with Gasteiger partial charge in [-0.1, -0.05) is 11.3 Å². The number of hydrogen-bond donors (Lipinski definition) is 0. The van der Waals surface area contributed by atoms with E-state index in [2.05, 4.69) is 4.98 Å². The zero-order valence-electron chi connectivity index (χ0n) is 10.8. The second-order valence-corrected chi connectivity index (χ2v) is 5.18. The third-order valence-electron chi connectivity index (χ3n) is 2.97. The molecule has 0 unspecified atom stereocenters. The summed E-state index contributed by atoms with van der Waals surface area (Å²) in [5, 5.41) is 11.5. The number of ether oxygens (including phenoxy) is 1. The van der Waals surface area contributed by atoms with Crippen molar-refractivity contribution in [2.75, 3.05) is 7.11 Å². The molecule has 0 radical (unpaired) electrons. The van der Waals surface area contributed by atoms with Crippen LogP contribution in [0.4, 0.5) is 5.69 Å². The number of aromatic nitrogens is 2. The van der Waals surface area contributed by atoms with Gasteiger partial charge in [0.05, 0.1) is 28.5 Å². The van der Waals surface area contributed by atoms with Crippen LogP contribution in [0.2, 0.25) is 0 Å². The van der Waals surface area contributed by atoms with E-state index in [9.17, 15) is 14.9 Å². The van der Waals surface area contributed by atoms with Crippen LogP contribution >= 0.6 is 11.3 Å². The number of fused-ring (bicyclic) bond motifs is 1. The maximum atomic E-state index is 11.0. The van der Waals surface area contributed by atoms with E-state index in [0.717, 1.165) is 6.29 Å². The molecule has 21 heavy (non-hydrogen) atoms. The Hall–Kier alpha value is -2.74. The van der Waals surface area contributed by atoms with E-state index in [0.29, 0.717) is 26.8 Å². The average molecular weight is 303 g/mol. The smallest absolute Gasteiger partial charge is 0.274 e. The molecular weight excluding hydrogens is 294 g/mol. The topological polar surface area (TPSA) is 87.3 Å². The summed E-state index contributed by atoms with van der Waals surface area (Å²) in [5.74, 6) is 0.335. The van der Waals surface area contributed by atoms with Crippen LogP contribution in [0.5, 0.6) is 5.75 Å². The Bertz CT molecular complexity index is 852. The van der Waals surface area contributed by atoms with Crippen LogP contribution < -0.4 is 4.74 Å². The second-order valence-electron chi connectivity index (χ2n) is 4.17. The number of aldehydes is 1. The van der Waals surface area contributed by atoms with Crippen LogP contribution in [0.15, 0.2) is 30.5 Å². The number of carbonyl (C=O) groups is 1. The number of methoxy groups -OCH3 is 1. The second kappa shape index (κ2) is 4.98. The molecule has 2 heterocycles. The van der Waals surface area contributed by atoms with E-state index in [1.807, 2.05) is 0 Å². The number of nitro groups is 1. The maximum Gasteiger partial charge on any atom is 0.274 e. The fourth-order valence-electron chi connectivity index (χ4n) is 2.00. The molecule has 2 aromatic heterocycles. The van der Waals surface area contributed by atoms with Crippen molar-refractivity contribution in [1.29, 1.82) is 0 Å². The summed E-state index contributed by atoms with van der Waals surface area (Å²) >= 11 is 1.25. The number of hydrogen-bond acceptors (Lipinski definition) is 6. The molecule has 0 atom stereocenters. The van der Waals surface area contributed by atoms with Gasteiger partial charge in [0.1, 0.15) is 5.52 Å². The third kappa shape index (κ3) is 2.15. The minimum Gasteiger partial charge on any atom is -0.494 e. The van der Waals surface area contributed by atoms with Crippen LogP contribution in [-0.4, -0.2) is 27.9 Å². The molecule has 0 aliphatic rings. The lowest BCUT2D eigenvalue weighted by atomic mass is 10.3. The van der Waals surface area contributed by atoms with Gasteiger partial charge in [-0.25, -0.2) is 4.98 Å². The van der Waals surface area contributed by atoms with Gasteiger partial charge in [-0.3, -0.25) is 19.5 Å². The molecule has 0 N–H and O–H groups in total. The van der Waals surface area contributed by atoms with E-state index in [4.69, 9.17) is 4.74 Å². The number of nitrogens with zero attached hydrogens (tertiary/aromatic N) is 3. The van der Waals surface area contributed by atoms with Crippen molar-refractivity contribution in [3.63, 3.8) is 0 Å².